The lowest BCUT2D eigenvalue weighted by molar-refractivity contribution is -0.120. The molecule has 5 nitrogen and oxygen atoms in total. The van der Waals surface area contributed by atoms with Gasteiger partial charge in [-0.1, -0.05) is 31.5 Å². The van der Waals surface area contributed by atoms with E-state index in [0.29, 0.717) is 30.2 Å². The Kier molecular flexibility index (Phi) is 8.12. The van der Waals surface area contributed by atoms with Gasteiger partial charge in [-0.2, -0.15) is 0 Å². The van der Waals surface area contributed by atoms with E-state index in [1.54, 1.807) is 12.1 Å². The molecule has 0 unspecified atom stereocenters. The van der Waals surface area contributed by atoms with E-state index in [2.05, 4.69) is 0 Å². The number of Topliss-reactive ketones (excluding diaryl/α,β-unsaturated/α-hetero) is 2. The maximum absolute atomic E-state index is 11.4. The second kappa shape index (κ2) is 9.34. The minimum atomic E-state index is -4.27. The van der Waals surface area contributed by atoms with Crippen molar-refractivity contribution >= 4 is 32.6 Å². The molecule has 1 aromatic rings. The largest absolute Gasteiger partial charge is 0.744 e. The first-order chi connectivity index (χ1) is 11.1. The van der Waals surface area contributed by atoms with E-state index >= 15 is 0 Å². The van der Waals surface area contributed by atoms with Gasteiger partial charge in [0.15, 0.2) is 11.5 Å². The number of hydrogen-bond donors (Lipinski definition) is 0. The molecule has 0 spiro atoms. The number of carbonyl (C=O) groups is 2. The zero-order valence-electron chi connectivity index (χ0n) is 14.3. The zero-order chi connectivity index (χ0) is 18.3. The number of hydrogen-bond acceptors (Lipinski definition) is 5. The first-order valence-electron chi connectivity index (χ1n) is 7.80. The highest BCUT2D eigenvalue weighted by atomic mass is 32.2. The van der Waals surface area contributed by atoms with Crippen LogP contribution < -0.4 is 0 Å². The summed E-state index contributed by atoms with van der Waals surface area (Å²) in [4.78, 5) is 22.2. The van der Waals surface area contributed by atoms with Crippen molar-refractivity contribution in [2.45, 2.75) is 38.5 Å². The predicted octanol–water partition coefficient (Wildman–Crippen LogP) is 2.09. The Morgan fingerprint density at radius 1 is 1.17 bits per heavy atom. The lowest BCUT2D eigenvalue weighted by Gasteiger charge is -2.13. The van der Waals surface area contributed by atoms with E-state index in [1.165, 1.54) is 12.1 Å². The molecule has 1 aliphatic rings. The van der Waals surface area contributed by atoms with E-state index in [1.807, 2.05) is 20.8 Å². The van der Waals surface area contributed by atoms with Crippen LogP contribution in [0.15, 0.2) is 29.2 Å². The van der Waals surface area contributed by atoms with E-state index in [0.717, 1.165) is 17.1 Å². The maximum atomic E-state index is 11.4. The molecule has 2 rings (SSSR count). The molecule has 0 saturated carbocycles. The molecule has 0 atom stereocenters. The van der Waals surface area contributed by atoms with Crippen LogP contribution in [0.2, 0.25) is 0 Å². The van der Waals surface area contributed by atoms with Gasteiger partial charge in [0.25, 0.3) is 0 Å². The van der Waals surface area contributed by atoms with Gasteiger partial charge >= 0.3 is 0 Å². The molecule has 0 bridgehead atoms. The van der Waals surface area contributed by atoms with Crippen molar-refractivity contribution in [3.05, 3.63) is 29.8 Å². The summed E-state index contributed by atoms with van der Waals surface area (Å²) in [6.45, 7) is 5.71. The fraction of sp³-hybridized carbons (Fsp3) is 0.529. The third kappa shape index (κ3) is 7.59. The van der Waals surface area contributed by atoms with Gasteiger partial charge in [0.2, 0.25) is 0 Å². The zero-order valence-corrected chi connectivity index (χ0v) is 15.9. The molecule has 0 amide bonds. The standard InChI is InChI=1S/C10H17O2S.C7H8O3S/c1-8(2)10(12)7-13-5-3-9(11)4-6-13;1-6-2-4-7(5-3-6)11(8,9)10/h8H,3-7H2,1-2H3;2-5H,1H3,(H,8,9,10)/q+1;/p-1. The van der Waals surface area contributed by atoms with Crippen LogP contribution in [0.25, 0.3) is 0 Å². The van der Waals surface area contributed by atoms with Gasteiger partial charge in [-0.25, -0.2) is 8.42 Å². The summed E-state index contributed by atoms with van der Waals surface area (Å²) in [6.07, 6.45) is 1.41. The lowest BCUT2D eigenvalue weighted by Crippen LogP contribution is -2.30. The average molecular weight is 373 g/mol. The molecule has 0 aromatic heterocycles. The van der Waals surface area contributed by atoms with Crippen LogP contribution in [0, 0.1) is 12.8 Å². The Balaban J connectivity index is 0.000000243. The van der Waals surface area contributed by atoms with Crippen molar-refractivity contribution in [3.8, 4) is 0 Å². The minimum absolute atomic E-state index is 0.158. The quantitative estimate of drug-likeness (QED) is 0.596. The molecular formula is C17H24O5S2. The molecule has 0 N–H and O–H groups in total. The lowest BCUT2D eigenvalue weighted by atomic mass is 10.1. The third-order valence-corrected chi connectivity index (χ3v) is 6.74. The first-order valence-corrected chi connectivity index (χ1v) is 10.9. The normalized spacial score (nSPS) is 15.8. The molecule has 0 aliphatic carbocycles. The molecule has 1 aliphatic heterocycles. The van der Waals surface area contributed by atoms with Crippen molar-refractivity contribution in [1.82, 2.24) is 0 Å². The monoisotopic (exact) mass is 372 g/mol. The summed E-state index contributed by atoms with van der Waals surface area (Å²) < 4.78 is 31.2. The highest BCUT2D eigenvalue weighted by molar-refractivity contribution is 7.97. The number of ketones is 2. The van der Waals surface area contributed by atoms with Crippen molar-refractivity contribution in [3.63, 3.8) is 0 Å². The Bertz CT molecular complexity index is 653. The van der Waals surface area contributed by atoms with Gasteiger partial charge in [-0.15, -0.1) is 0 Å². The highest BCUT2D eigenvalue weighted by Crippen LogP contribution is 2.12. The van der Waals surface area contributed by atoms with Crippen LogP contribution in [0.4, 0.5) is 0 Å². The van der Waals surface area contributed by atoms with Crippen LogP contribution in [0.1, 0.15) is 32.3 Å². The molecule has 0 radical (unpaired) electrons. The second-order valence-electron chi connectivity index (χ2n) is 6.09. The third-order valence-electron chi connectivity index (χ3n) is 3.64. The molecule has 7 heteroatoms. The van der Waals surface area contributed by atoms with Crippen molar-refractivity contribution < 1.29 is 22.6 Å². The number of rotatable bonds is 4. The summed E-state index contributed by atoms with van der Waals surface area (Å²) >= 11 is 0. The van der Waals surface area contributed by atoms with Crippen LogP contribution >= 0.6 is 0 Å². The van der Waals surface area contributed by atoms with Crippen molar-refractivity contribution in [2.24, 2.45) is 5.92 Å². The molecule has 24 heavy (non-hydrogen) atoms. The van der Waals surface area contributed by atoms with Gasteiger partial charge in [0, 0.05) is 5.92 Å². The predicted molar refractivity (Wildman–Crippen MR) is 95.2 cm³/mol. The Labute approximate surface area is 146 Å². The molecule has 1 aromatic carbocycles. The van der Waals surface area contributed by atoms with Gasteiger partial charge in [0.1, 0.15) is 27.4 Å². The Hall–Kier alpha value is -1.18. The van der Waals surface area contributed by atoms with Gasteiger partial charge < -0.3 is 4.55 Å². The number of benzene rings is 1. The molecular weight excluding hydrogens is 348 g/mol. The van der Waals surface area contributed by atoms with E-state index in [9.17, 15) is 22.6 Å². The summed E-state index contributed by atoms with van der Waals surface area (Å²) in [5, 5.41) is 0. The second-order valence-corrected chi connectivity index (χ2v) is 9.80. The van der Waals surface area contributed by atoms with Crippen LogP contribution in [-0.4, -0.2) is 41.8 Å². The smallest absolute Gasteiger partial charge is 0.184 e. The van der Waals surface area contributed by atoms with Gasteiger partial charge in [-0.05, 0) is 30.0 Å². The highest BCUT2D eigenvalue weighted by Gasteiger charge is 2.29. The summed E-state index contributed by atoms with van der Waals surface area (Å²) in [5.41, 5.74) is 0.928. The van der Waals surface area contributed by atoms with Gasteiger partial charge in [0.05, 0.1) is 17.7 Å². The number of carbonyl (C=O) groups excluding carboxylic acids is 2. The van der Waals surface area contributed by atoms with Crippen molar-refractivity contribution in [2.75, 3.05) is 17.3 Å². The fourth-order valence-electron chi connectivity index (χ4n) is 1.96. The summed E-state index contributed by atoms with van der Waals surface area (Å²) in [7, 11) is -4.06. The molecule has 1 saturated heterocycles. The molecule has 1 fully saturated rings. The number of aryl methyl sites for hydroxylation is 1. The van der Waals surface area contributed by atoms with Crippen LogP contribution in [-0.2, 0) is 30.6 Å². The van der Waals surface area contributed by atoms with E-state index < -0.39 is 10.1 Å². The van der Waals surface area contributed by atoms with E-state index in [-0.39, 0.29) is 21.7 Å². The minimum Gasteiger partial charge on any atom is -0.744 e. The first kappa shape index (κ1) is 20.9. The fourth-order valence-corrected chi connectivity index (χ4v) is 4.69. The SMILES string of the molecule is CC(C)C(=O)C[S+]1CCC(=O)CC1.Cc1ccc(S(=O)(=O)[O-])cc1. The Morgan fingerprint density at radius 3 is 2.08 bits per heavy atom. The van der Waals surface area contributed by atoms with Gasteiger partial charge in [-0.3, -0.25) is 9.59 Å². The maximum Gasteiger partial charge on any atom is 0.184 e. The average Bonchev–Trinajstić information content (AvgIpc) is 2.49. The molecule has 1 heterocycles. The van der Waals surface area contributed by atoms with Crippen LogP contribution in [0.3, 0.4) is 0 Å². The summed E-state index contributed by atoms with van der Waals surface area (Å²) in [6, 6.07) is 5.78. The van der Waals surface area contributed by atoms with E-state index in [4.69, 9.17) is 0 Å². The summed E-state index contributed by atoms with van der Waals surface area (Å²) in [5.74, 6) is 3.52. The van der Waals surface area contributed by atoms with Crippen molar-refractivity contribution in [1.29, 1.82) is 0 Å². The Morgan fingerprint density at radius 2 is 1.67 bits per heavy atom. The van der Waals surface area contributed by atoms with Crippen LogP contribution in [0.5, 0.6) is 0 Å². The topological polar surface area (TPSA) is 91.3 Å². The molecule has 134 valence electrons.